The molecule has 1 rings (SSSR count). The van der Waals surface area contributed by atoms with Gasteiger partial charge in [-0.05, 0) is 19.8 Å². The number of carboxylic acids is 1. The Kier molecular flexibility index (Phi) is 8.44. The summed E-state index contributed by atoms with van der Waals surface area (Å²) in [5.41, 5.74) is -0.764. The van der Waals surface area contributed by atoms with E-state index < -0.39 is 17.7 Å². The summed E-state index contributed by atoms with van der Waals surface area (Å²) in [5, 5.41) is 27.3. The van der Waals surface area contributed by atoms with Crippen molar-refractivity contribution in [2.45, 2.75) is 95.4 Å². The summed E-state index contributed by atoms with van der Waals surface area (Å²) in [6, 6.07) is 2.08. The molecule has 22 heavy (non-hydrogen) atoms. The number of hydrogen-bond donors (Lipinski definition) is 2. The first-order valence-corrected chi connectivity index (χ1v) is 8.48. The van der Waals surface area contributed by atoms with Gasteiger partial charge in [0.25, 0.3) is 0 Å². The molecule has 0 aliphatic carbocycles. The van der Waals surface area contributed by atoms with Crippen LogP contribution in [0, 0.1) is 11.3 Å². The summed E-state index contributed by atoms with van der Waals surface area (Å²) in [5.74, 6) is -0.700. The molecule has 1 heterocycles. The smallest absolute Gasteiger partial charge is 0.303 e. The van der Waals surface area contributed by atoms with Crippen LogP contribution in [0.1, 0.15) is 77.6 Å². The third-order valence-electron chi connectivity index (χ3n) is 4.32. The van der Waals surface area contributed by atoms with Gasteiger partial charge in [-0.15, -0.1) is 0 Å². The van der Waals surface area contributed by atoms with E-state index in [9.17, 15) is 9.90 Å². The zero-order chi connectivity index (χ0) is 16.4. The van der Waals surface area contributed by atoms with Crippen LogP contribution in [0.2, 0.25) is 0 Å². The maximum Gasteiger partial charge on any atom is 0.303 e. The number of aliphatic carboxylic acids is 1. The van der Waals surface area contributed by atoms with E-state index in [2.05, 4.69) is 6.07 Å². The van der Waals surface area contributed by atoms with Crippen molar-refractivity contribution >= 4 is 5.97 Å². The van der Waals surface area contributed by atoms with Gasteiger partial charge in [-0.3, -0.25) is 4.79 Å². The van der Waals surface area contributed by atoms with Crippen LogP contribution in [0.3, 0.4) is 0 Å². The van der Waals surface area contributed by atoms with Crippen molar-refractivity contribution in [3.8, 4) is 6.07 Å². The third kappa shape index (κ3) is 7.24. The van der Waals surface area contributed by atoms with Crippen molar-refractivity contribution in [2.24, 2.45) is 0 Å². The van der Waals surface area contributed by atoms with Crippen LogP contribution in [0.25, 0.3) is 0 Å². The van der Waals surface area contributed by atoms with E-state index in [1.165, 1.54) is 25.7 Å². The molecule has 0 bridgehead atoms. The Bertz CT molecular complexity index is 379. The van der Waals surface area contributed by atoms with Crippen molar-refractivity contribution in [2.75, 3.05) is 0 Å². The third-order valence-corrected chi connectivity index (χ3v) is 4.32. The number of carboxylic acid groups (broad SMARTS) is 1. The molecule has 0 radical (unpaired) electrons. The Morgan fingerprint density at radius 3 is 2.09 bits per heavy atom. The number of epoxide rings is 1. The lowest BCUT2D eigenvalue weighted by molar-refractivity contribution is -0.137. The average Bonchev–Trinajstić information content (AvgIpc) is 3.17. The van der Waals surface area contributed by atoms with Gasteiger partial charge in [0.15, 0.2) is 5.60 Å². The van der Waals surface area contributed by atoms with Crippen LogP contribution in [0.4, 0.5) is 0 Å². The van der Waals surface area contributed by atoms with Gasteiger partial charge in [-0.25, -0.2) is 0 Å². The number of unbranched alkanes of at least 4 members (excludes halogenated alkanes) is 8. The highest BCUT2D eigenvalue weighted by Gasteiger charge is 2.56. The predicted molar refractivity (Wildman–Crippen MR) is 83.3 cm³/mol. The van der Waals surface area contributed by atoms with Gasteiger partial charge in [0.2, 0.25) is 0 Å². The molecule has 5 nitrogen and oxygen atoms in total. The van der Waals surface area contributed by atoms with E-state index in [-0.39, 0.29) is 12.5 Å². The van der Waals surface area contributed by atoms with E-state index in [0.29, 0.717) is 6.42 Å². The van der Waals surface area contributed by atoms with E-state index in [1.54, 1.807) is 6.92 Å². The van der Waals surface area contributed by atoms with Gasteiger partial charge in [-0.2, -0.15) is 5.26 Å². The van der Waals surface area contributed by atoms with Crippen LogP contribution in [0.5, 0.6) is 0 Å². The molecule has 0 spiro atoms. The summed E-state index contributed by atoms with van der Waals surface area (Å²) in [6.45, 7) is 1.72. The molecule has 0 aromatic rings. The molecule has 0 aromatic heterocycles. The van der Waals surface area contributed by atoms with Crippen molar-refractivity contribution < 1.29 is 19.7 Å². The molecule has 5 heteroatoms. The lowest BCUT2D eigenvalue weighted by atomic mass is 10.00. The second-order valence-corrected chi connectivity index (χ2v) is 6.44. The zero-order valence-corrected chi connectivity index (χ0v) is 13.6. The monoisotopic (exact) mass is 311 g/mol. The minimum absolute atomic E-state index is 0.290. The van der Waals surface area contributed by atoms with E-state index in [4.69, 9.17) is 15.1 Å². The fourth-order valence-corrected chi connectivity index (χ4v) is 2.78. The molecule has 126 valence electrons. The standard InChI is InChI=1S/C17H29NO4/c1-17(13-18)16(22-17)14(19)11-9-7-5-3-2-4-6-8-10-12-15(20)21/h14,16,19H,2-12H2,1H3,(H,20,21). The SMILES string of the molecule is CC1(C#N)OC1C(O)CCCCCCCCCCCC(=O)O. The van der Waals surface area contributed by atoms with Gasteiger partial charge >= 0.3 is 5.97 Å². The molecular weight excluding hydrogens is 282 g/mol. The summed E-state index contributed by atoms with van der Waals surface area (Å²) in [4.78, 5) is 10.3. The van der Waals surface area contributed by atoms with E-state index >= 15 is 0 Å². The maximum absolute atomic E-state index is 10.3. The zero-order valence-electron chi connectivity index (χ0n) is 13.6. The van der Waals surface area contributed by atoms with E-state index in [0.717, 1.165) is 32.1 Å². The van der Waals surface area contributed by atoms with Gasteiger partial charge in [0.05, 0.1) is 6.10 Å². The molecular formula is C17H29NO4. The first kappa shape index (κ1) is 18.9. The molecule has 1 aliphatic heterocycles. The normalized spacial score (nSPS) is 24.7. The van der Waals surface area contributed by atoms with Crippen molar-refractivity contribution in [3.05, 3.63) is 0 Å². The molecule has 1 fully saturated rings. The van der Waals surface area contributed by atoms with Crippen molar-refractivity contribution in [3.63, 3.8) is 0 Å². The van der Waals surface area contributed by atoms with Gasteiger partial charge in [0.1, 0.15) is 12.2 Å². The lowest BCUT2D eigenvalue weighted by Crippen LogP contribution is -2.21. The fraction of sp³-hybridized carbons (Fsp3) is 0.882. The Labute approximate surface area is 133 Å². The van der Waals surface area contributed by atoms with Crippen molar-refractivity contribution in [1.82, 2.24) is 0 Å². The van der Waals surface area contributed by atoms with Crippen LogP contribution >= 0.6 is 0 Å². The predicted octanol–water partition coefficient (Wildman–Crippen LogP) is 3.40. The fourth-order valence-electron chi connectivity index (χ4n) is 2.78. The highest BCUT2D eigenvalue weighted by molar-refractivity contribution is 5.66. The largest absolute Gasteiger partial charge is 0.481 e. The summed E-state index contributed by atoms with van der Waals surface area (Å²) in [7, 11) is 0. The molecule has 1 aliphatic rings. The Hall–Kier alpha value is -1.12. The minimum atomic E-state index is -0.764. The number of aliphatic hydroxyl groups excluding tert-OH is 1. The number of hydrogen-bond acceptors (Lipinski definition) is 4. The number of rotatable bonds is 13. The quantitative estimate of drug-likeness (QED) is 0.401. The second kappa shape index (κ2) is 9.81. The Balaban J connectivity index is 1.83. The van der Waals surface area contributed by atoms with Gasteiger partial charge < -0.3 is 14.9 Å². The summed E-state index contributed by atoms with van der Waals surface area (Å²) in [6.07, 6.45) is 9.93. The topological polar surface area (TPSA) is 93.9 Å². The summed E-state index contributed by atoms with van der Waals surface area (Å²) < 4.78 is 5.22. The number of aliphatic hydroxyl groups is 1. The maximum atomic E-state index is 10.3. The summed E-state index contributed by atoms with van der Waals surface area (Å²) >= 11 is 0. The van der Waals surface area contributed by atoms with Crippen LogP contribution in [0.15, 0.2) is 0 Å². The molecule has 0 saturated carbocycles. The van der Waals surface area contributed by atoms with Gasteiger partial charge in [-0.1, -0.05) is 51.4 Å². The van der Waals surface area contributed by atoms with E-state index in [1.807, 2.05) is 0 Å². The minimum Gasteiger partial charge on any atom is -0.481 e. The number of nitriles is 1. The Morgan fingerprint density at radius 2 is 1.64 bits per heavy atom. The average molecular weight is 311 g/mol. The lowest BCUT2D eigenvalue weighted by Gasteiger charge is -2.07. The van der Waals surface area contributed by atoms with Gasteiger partial charge in [0, 0.05) is 6.42 Å². The molecule has 0 amide bonds. The Morgan fingerprint density at radius 1 is 1.14 bits per heavy atom. The molecule has 0 aromatic carbocycles. The van der Waals surface area contributed by atoms with Crippen LogP contribution in [-0.2, 0) is 9.53 Å². The first-order chi connectivity index (χ1) is 10.5. The molecule has 3 unspecified atom stereocenters. The highest BCUT2D eigenvalue weighted by Crippen LogP contribution is 2.38. The number of nitrogens with zero attached hydrogens (tertiary/aromatic N) is 1. The highest BCUT2D eigenvalue weighted by atomic mass is 16.6. The molecule has 3 atom stereocenters. The molecule has 1 saturated heterocycles. The van der Waals surface area contributed by atoms with Crippen molar-refractivity contribution in [1.29, 1.82) is 5.26 Å². The number of ether oxygens (including phenoxy) is 1. The first-order valence-electron chi connectivity index (χ1n) is 8.48. The van der Waals surface area contributed by atoms with Crippen LogP contribution in [-0.4, -0.2) is 34.0 Å². The molecule has 2 N–H and O–H groups in total. The van der Waals surface area contributed by atoms with Crippen LogP contribution < -0.4 is 0 Å². The second-order valence-electron chi connectivity index (χ2n) is 6.44. The number of carbonyl (C=O) groups is 1.